The lowest BCUT2D eigenvalue weighted by Gasteiger charge is -2.31. The summed E-state index contributed by atoms with van der Waals surface area (Å²) in [6.45, 7) is 6.02. The van der Waals surface area contributed by atoms with Gasteiger partial charge in [0.2, 0.25) is 0 Å². The molecule has 15 heavy (non-hydrogen) atoms. The van der Waals surface area contributed by atoms with E-state index in [0.717, 1.165) is 18.8 Å². The lowest BCUT2D eigenvalue weighted by Crippen LogP contribution is -2.30. The van der Waals surface area contributed by atoms with Gasteiger partial charge >= 0.3 is 0 Å². The molecule has 1 aromatic carbocycles. The van der Waals surface area contributed by atoms with Crippen LogP contribution in [0.2, 0.25) is 0 Å². The molecule has 1 heterocycles. The van der Waals surface area contributed by atoms with Crippen molar-refractivity contribution in [3.05, 3.63) is 35.9 Å². The molecule has 1 aliphatic rings. The van der Waals surface area contributed by atoms with E-state index in [9.17, 15) is 0 Å². The Morgan fingerprint density at radius 3 is 2.20 bits per heavy atom. The molecule has 82 valence electrons. The first kappa shape index (κ1) is 10.7. The molecule has 0 radical (unpaired) electrons. The molecule has 0 N–H and O–H groups in total. The predicted octanol–water partition coefficient (Wildman–Crippen LogP) is 3.00. The molecule has 0 aliphatic carbocycles. The van der Waals surface area contributed by atoms with Gasteiger partial charge in [-0.3, -0.25) is 0 Å². The SMILES string of the molecule is CC(C)C1COC(c2ccccc2)OC1. The molecule has 0 bridgehead atoms. The summed E-state index contributed by atoms with van der Waals surface area (Å²) in [5.41, 5.74) is 1.11. The minimum atomic E-state index is -0.166. The van der Waals surface area contributed by atoms with Gasteiger partial charge in [0.05, 0.1) is 13.2 Å². The average Bonchev–Trinajstić information content (AvgIpc) is 2.30. The third-order valence-electron chi connectivity index (χ3n) is 2.94. The standard InChI is InChI=1S/C13H18O2/c1-10(2)12-8-14-13(15-9-12)11-6-4-3-5-7-11/h3-7,10,12-13H,8-9H2,1-2H3. The molecule has 0 saturated carbocycles. The van der Waals surface area contributed by atoms with Crippen LogP contribution in [-0.2, 0) is 9.47 Å². The van der Waals surface area contributed by atoms with Gasteiger partial charge in [-0.2, -0.15) is 0 Å². The Kier molecular flexibility index (Phi) is 3.39. The molecule has 0 aromatic heterocycles. The number of benzene rings is 1. The zero-order chi connectivity index (χ0) is 10.7. The Labute approximate surface area is 91.2 Å². The van der Waals surface area contributed by atoms with Gasteiger partial charge in [0.25, 0.3) is 0 Å². The largest absolute Gasteiger partial charge is 0.348 e. The van der Waals surface area contributed by atoms with E-state index in [-0.39, 0.29) is 6.29 Å². The van der Waals surface area contributed by atoms with Crippen LogP contribution in [0.25, 0.3) is 0 Å². The fraction of sp³-hybridized carbons (Fsp3) is 0.538. The molecule has 1 fully saturated rings. The molecule has 1 aliphatic heterocycles. The lowest BCUT2D eigenvalue weighted by molar-refractivity contribution is -0.211. The summed E-state index contributed by atoms with van der Waals surface area (Å²) in [5.74, 6) is 1.16. The topological polar surface area (TPSA) is 18.5 Å². The molecule has 1 aromatic rings. The quantitative estimate of drug-likeness (QED) is 0.740. The smallest absolute Gasteiger partial charge is 0.183 e. The average molecular weight is 206 g/mol. The molecule has 0 amide bonds. The highest BCUT2D eigenvalue weighted by molar-refractivity contribution is 5.16. The van der Waals surface area contributed by atoms with Crippen LogP contribution in [0.1, 0.15) is 25.7 Å². The van der Waals surface area contributed by atoms with E-state index >= 15 is 0 Å². The zero-order valence-corrected chi connectivity index (χ0v) is 9.35. The zero-order valence-electron chi connectivity index (χ0n) is 9.35. The second-order valence-corrected chi connectivity index (χ2v) is 4.41. The van der Waals surface area contributed by atoms with Gasteiger partial charge in [-0.1, -0.05) is 44.2 Å². The van der Waals surface area contributed by atoms with Crippen molar-refractivity contribution in [3.63, 3.8) is 0 Å². The van der Waals surface area contributed by atoms with E-state index in [4.69, 9.17) is 9.47 Å². The fourth-order valence-electron chi connectivity index (χ4n) is 1.71. The van der Waals surface area contributed by atoms with Crippen LogP contribution in [0.4, 0.5) is 0 Å². The van der Waals surface area contributed by atoms with Crippen molar-refractivity contribution >= 4 is 0 Å². The third-order valence-corrected chi connectivity index (χ3v) is 2.94. The maximum absolute atomic E-state index is 5.72. The maximum atomic E-state index is 5.72. The molecule has 1 saturated heterocycles. The minimum absolute atomic E-state index is 0.166. The Balaban J connectivity index is 1.94. The van der Waals surface area contributed by atoms with Crippen LogP contribution in [0.3, 0.4) is 0 Å². The monoisotopic (exact) mass is 206 g/mol. The van der Waals surface area contributed by atoms with Gasteiger partial charge in [-0.15, -0.1) is 0 Å². The lowest BCUT2D eigenvalue weighted by atomic mass is 9.97. The molecule has 2 nitrogen and oxygen atoms in total. The number of hydrogen-bond acceptors (Lipinski definition) is 2. The van der Waals surface area contributed by atoms with Crippen LogP contribution in [-0.4, -0.2) is 13.2 Å². The Bertz CT molecular complexity index is 287. The molecule has 0 unspecified atom stereocenters. The van der Waals surface area contributed by atoms with E-state index in [2.05, 4.69) is 13.8 Å². The van der Waals surface area contributed by atoms with Gasteiger partial charge in [0.15, 0.2) is 6.29 Å². The van der Waals surface area contributed by atoms with Crippen molar-refractivity contribution in [1.82, 2.24) is 0 Å². The predicted molar refractivity (Wildman–Crippen MR) is 59.4 cm³/mol. The van der Waals surface area contributed by atoms with Crippen molar-refractivity contribution in [2.24, 2.45) is 11.8 Å². The third kappa shape index (κ3) is 2.58. The van der Waals surface area contributed by atoms with Crippen LogP contribution in [0.15, 0.2) is 30.3 Å². The van der Waals surface area contributed by atoms with Crippen molar-refractivity contribution in [3.8, 4) is 0 Å². The molecule has 0 atom stereocenters. The van der Waals surface area contributed by atoms with Crippen LogP contribution >= 0.6 is 0 Å². The Morgan fingerprint density at radius 1 is 1.07 bits per heavy atom. The second kappa shape index (κ2) is 4.77. The van der Waals surface area contributed by atoms with Crippen molar-refractivity contribution < 1.29 is 9.47 Å². The number of rotatable bonds is 2. The van der Waals surface area contributed by atoms with Gasteiger partial charge in [0, 0.05) is 11.5 Å². The number of ether oxygens (including phenoxy) is 2. The van der Waals surface area contributed by atoms with Gasteiger partial charge in [0.1, 0.15) is 0 Å². The summed E-state index contributed by atoms with van der Waals surface area (Å²) in [6.07, 6.45) is -0.166. The van der Waals surface area contributed by atoms with E-state index in [0.29, 0.717) is 11.8 Å². The van der Waals surface area contributed by atoms with Crippen molar-refractivity contribution in [2.75, 3.05) is 13.2 Å². The van der Waals surface area contributed by atoms with E-state index in [1.54, 1.807) is 0 Å². The van der Waals surface area contributed by atoms with Gasteiger partial charge < -0.3 is 9.47 Å². The minimum Gasteiger partial charge on any atom is -0.348 e. The Morgan fingerprint density at radius 2 is 1.67 bits per heavy atom. The number of hydrogen-bond donors (Lipinski definition) is 0. The van der Waals surface area contributed by atoms with Crippen LogP contribution < -0.4 is 0 Å². The fourth-order valence-corrected chi connectivity index (χ4v) is 1.71. The van der Waals surface area contributed by atoms with Crippen LogP contribution in [0, 0.1) is 11.8 Å². The van der Waals surface area contributed by atoms with Crippen molar-refractivity contribution in [2.45, 2.75) is 20.1 Å². The summed E-state index contributed by atoms with van der Waals surface area (Å²) in [5, 5.41) is 0. The molecule has 2 rings (SSSR count). The first-order valence-corrected chi connectivity index (χ1v) is 5.55. The van der Waals surface area contributed by atoms with Gasteiger partial charge in [-0.05, 0) is 5.92 Å². The van der Waals surface area contributed by atoms with E-state index in [1.807, 2.05) is 30.3 Å². The normalized spacial score (nSPS) is 26.9. The highest BCUT2D eigenvalue weighted by Crippen LogP contribution is 2.27. The summed E-state index contributed by atoms with van der Waals surface area (Å²) in [4.78, 5) is 0. The molecular weight excluding hydrogens is 188 g/mol. The molecule has 0 spiro atoms. The summed E-state index contributed by atoms with van der Waals surface area (Å²) in [7, 11) is 0. The maximum Gasteiger partial charge on any atom is 0.183 e. The summed E-state index contributed by atoms with van der Waals surface area (Å²) >= 11 is 0. The van der Waals surface area contributed by atoms with E-state index < -0.39 is 0 Å². The Hall–Kier alpha value is -0.860. The summed E-state index contributed by atoms with van der Waals surface area (Å²) < 4.78 is 11.4. The van der Waals surface area contributed by atoms with Crippen LogP contribution in [0.5, 0.6) is 0 Å². The summed E-state index contributed by atoms with van der Waals surface area (Å²) in [6, 6.07) is 10.1. The molecule has 2 heteroatoms. The highest BCUT2D eigenvalue weighted by atomic mass is 16.7. The van der Waals surface area contributed by atoms with Gasteiger partial charge in [-0.25, -0.2) is 0 Å². The highest BCUT2D eigenvalue weighted by Gasteiger charge is 2.25. The first-order valence-electron chi connectivity index (χ1n) is 5.55. The van der Waals surface area contributed by atoms with E-state index in [1.165, 1.54) is 0 Å². The second-order valence-electron chi connectivity index (χ2n) is 4.41. The first-order chi connectivity index (χ1) is 7.27. The van der Waals surface area contributed by atoms with Crippen molar-refractivity contribution in [1.29, 1.82) is 0 Å². The molecular formula is C13H18O2.